The number of ketones is 1. The van der Waals surface area contributed by atoms with Gasteiger partial charge in [-0.2, -0.15) is 5.26 Å². The molecule has 2 aromatic rings. The lowest BCUT2D eigenvalue weighted by atomic mass is 9.93. The summed E-state index contributed by atoms with van der Waals surface area (Å²) in [4.78, 5) is 24.4. The highest BCUT2D eigenvalue weighted by atomic mass is 16.1. The third kappa shape index (κ3) is 1.84. The van der Waals surface area contributed by atoms with E-state index in [0.717, 1.165) is 12.1 Å². The molecule has 0 N–H and O–H groups in total. The molecule has 4 heteroatoms. The number of rotatable bonds is 1. The van der Waals surface area contributed by atoms with E-state index in [0.29, 0.717) is 24.1 Å². The number of fused-ring (bicyclic) bond motifs is 1. The van der Waals surface area contributed by atoms with Gasteiger partial charge in [-0.1, -0.05) is 18.2 Å². The Labute approximate surface area is 115 Å². The van der Waals surface area contributed by atoms with Crippen LogP contribution in [-0.2, 0) is 6.42 Å². The maximum atomic E-state index is 12.4. The van der Waals surface area contributed by atoms with Gasteiger partial charge in [0.25, 0.3) is 5.56 Å². The first kappa shape index (κ1) is 12.4. The molecule has 98 valence electrons. The van der Waals surface area contributed by atoms with Crippen LogP contribution < -0.4 is 5.56 Å². The molecule has 1 aliphatic rings. The van der Waals surface area contributed by atoms with Crippen LogP contribution in [0.1, 0.15) is 34.5 Å². The predicted octanol–water partition coefficient (Wildman–Crippen LogP) is 2.23. The minimum absolute atomic E-state index is 0.00688. The first-order valence-corrected chi connectivity index (χ1v) is 6.50. The number of pyridine rings is 1. The molecule has 0 saturated heterocycles. The molecular weight excluding hydrogens is 252 g/mol. The van der Waals surface area contributed by atoms with Gasteiger partial charge in [0, 0.05) is 23.4 Å². The molecule has 0 radical (unpaired) electrons. The zero-order valence-corrected chi connectivity index (χ0v) is 10.8. The van der Waals surface area contributed by atoms with Gasteiger partial charge in [-0.15, -0.1) is 0 Å². The summed E-state index contributed by atoms with van der Waals surface area (Å²) in [6.07, 6.45) is 1.89. The van der Waals surface area contributed by atoms with Crippen LogP contribution in [0.5, 0.6) is 0 Å². The number of hydrogen-bond donors (Lipinski definition) is 0. The van der Waals surface area contributed by atoms with Crippen LogP contribution in [0.4, 0.5) is 0 Å². The molecule has 1 aromatic heterocycles. The minimum atomic E-state index is -0.354. The van der Waals surface area contributed by atoms with Crippen LogP contribution >= 0.6 is 0 Å². The molecular formula is C16H12N2O2. The van der Waals surface area contributed by atoms with Gasteiger partial charge in [0.2, 0.25) is 0 Å². The molecule has 20 heavy (non-hydrogen) atoms. The standard InChI is InChI=1S/C16H12N2O2/c17-10-11-9-13-14(7-4-8-15(13)19)18(16(11)20)12-5-2-1-3-6-12/h1-3,5-6,9H,4,7-8H2. The third-order valence-electron chi connectivity index (χ3n) is 3.56. The molecule has 0 bridgehead atoms. The van der Waals surface area contributed by atoms with Gasteiger partial charge in [0.15, 0.2) is 5.78 Å². The Hall–Kier alpha value is -2.67. The van der Waals surface area contributed by atoms with Crippen molar-refractivity contribution in [2.45, 2.75) is 19.3 Å². The van der Waals surface area contributed by atoms with E-state index in [4.69, 9.17) is 5.26 Å². The second-order valence-electron chi connectivity index (χ2n) is 4.78. The average Bonchev–Trinajstić information content (AvgIpc) is 2.48. The summed E-state index contributed by atoms with van der Waals surface area (Å²) in [6, 6.07) is 12.5. The summed E-state index contributed by atoms with van der Waals surface area (Å²) in [5.74, 6) is 0.00688. The van der Waals surface area contributed by atoms with Crippen LogP contribution in [0.2, 0.25) is 0 Å². The fourth-order valence-corrected chi connectivity index (χ4v) is 2.62. The third-order valence-corrected chi connectivity index (χ3v) is 3.56. The van der Waals surface area contributed by atoms with Gasteiger partial charge >= 0.3 is 0 Å². The number of Topliss-reactive ketones (excluding diaryl/α,β-unsaturated/α-hetero) is 1. The Bertz CT molecular complexity index is 783. The Morgan fingerprint density at radius 1 is 1.10 bits per heavy atom. The van der Waals surface area contributed by atoms with Crippen molar-refractivity contribution < 1.29 is 4.79 Å². The lowest BCUT2D eigenvalue weighted by Crippen LogP contribution is -2.29. The lowest BCUT2D eigenvalue weighted by molar-refractivity contribution is 0.0971. The molecule has 1 aromatic carbocycles. The Balaban J connectivity index is 2.39. The fraction of sp³-hybridized carbons (Fsp3) is 0.188. The maximum absolute atomic E-state index is 12.4. The number of nitrogens with zero attached hydrogens (tertiary/aromatic N) is 2. The van der Waals surface area contributed by atoms with Crippen LogP contribution in [0.25, 0.3) is 5.69 Å². The summed E-state index contributed by atoms with van der Waals surface area (Å²) in [5.41, 5.74) is 1.59. The summed E-state index contributed by atoms with van der Waals surface area (Å²) in [6.45, 7) is 0. The van der Waals surface area contributed by atoms with E-state index in [1.54, 1.807) is 0 Å². The molecule has 1 heterocycles. The first-order chi connectivity index (χ1) is 9.72. The number of para-hydroxylation sites is 1. The second-order valence-corrected chi connectivity index (χ2v) is 4.78. The van der Waals surface area contributed by atoms with Crippen LogP contribution in [0.15, 0.2) is 41.2 Å². The van der Waals surface area contributed by atoms with Crippen molar-refractivity contribution in [3.63, 3.8) is 0 Å². The lowest BCUT2D eigenvalue weighted by Gasteiger charge is -2.20. The molecule has 0 spiro atoms. The highest BCUT2D eigenvalue weighted by molar-refractivity contribution is 5.98. The van der Waals surface area contributed by atoms with E-state index >= 15 is 0 Å². The monoisotopic (exact) mass is 264 g/mol. The average molecular weight is 264 g/mol. The Kier molecular flexibility index (Phi) is 2.96. The summed E-state index contributed by atoms with van der Waals surface area (Å²) in [5, 5.41) is 9.10. The van der Waals surface area contributed by atoms with Gasteiger partial charge in [0.05, 0.1) is 0 Å². The number of nitriles is 1. The van der Waals surface area contributed by atoms with Crippen LogP contribution in [0.3, 0.4) is 0 Å². The highest BCUT2D eigenvalue weighted by Crippen LogP contribution is 2.23. The molecule has 0 unspecified atom stereocenters. The van der Waals surface area contributed by atoms with Crippen molar-refractivity contribution >= 4 is 5.78 Å². The second kappa shape index (κ2) is 4.78. The van der Waals surface area contributed by atoms with Gasteiger partial charge < -0.3 is 0 Å². The van der Waals surface area contributed by atoms with Gasteiger partial charge in [-0.3, -0.25) is 14.2 Å². The Morgan fingerprint density at radius 3 is 2.55 bits per heavy atom. The highest BCUT2D eigenvalue weighted by Gasteiger charge is 2.23. The van der Waals surface area contributed by atoms with Crippen molar-refractivity contribution in [2.24, 2.45) is 0 Å². The molecule has 0 atom stereocenters. The first-order valence-electron chi connectivity index (χ1n) is 6.50. The smallest absolute Gasteiger partial charge is 0.273 e. The van der Waals surface area contributed by atoms with E-state index in [1.807, 2.05) is 36.4 Å². The fourth-order valence-electron chi connectivity index (χ4n) is 2.62. The molecule has 1 aliphatic carbocycles. The number of aromatic nitrogens is 1. The Morgan fingerprint density at radius 2 is 1.85 bits per heavy atom. The summed E-state index contributed by atoms with van der Waals surface area (Å²) < 4.78 is 1.50. The van der Waals surface area contributed by atoms with E-state index in [-0.39, 0.29) is 16.9 Å². The zero-order valence-electron chi connectivity index (χ0n) is 10.8. The minimum Gasteiger partial charge on any atom is -0.294 e. The number of benzene rings is 1. The van der Waals surface area contributed by atoms with Crippen molar-refractivity contribution in [1.29, 1.82) is 5.26 Å². The molecule has 0 aliphatic heterocycles. The van der Waals surface area contributed by atoms with Gasteiger partial charge in [-0.25, -0.2) is 0 Å². The normalized spacial score (nSPS) is 13.7. The van der Waals surface area contributed by atoms with Crippen molar-refractivity contribution in [1.82, 2.24) is 4.57 Å². The SMILES string of the molecule is N#Cc1cc2c(n(-c3ccccc3)c1=O)CCCC2=O. The summed E-state index contributed by atoms with van der Waals surface area (Å²) >= 11 is 0. The predicted molar refractivity (Wildman–Crippen MR) is 74.0 cm³/mol. The molecule has 0 saturated carbocycles. The molecule has 0 amide bonds. The largest absolute Gasteiger partial charge is 0.294 e. The summed E-state index contributed by atoms with van der Waals surface area (Å²) in [7, 11) is 0. The number of hydrogen-bond acceptors (Lipinski definition) is 3. The number of carbonyl (C=O) groups excluding carboxylic acids is 1. The molecule has 0 fully saturated rings. The maximum Gasteiger partial charge on any atom is 0.273 e. The van der Waals surface area contributed by atoms with Crippen molar-refractivity contribution in [3.05, 3.63) is 63.6 Å². The molecule has 3 rings (SSSR count). The topological polar surface area (TPSA) is 62.9 Å². The van der Waals surface area contributed by atoms with E-state index < -0.39 is 0 Å². The number of carbonyl (C=O) groups is 1. The van der Waals surface area contributed by atoms with Crippen molar-refractivity contribution in [3.8, 4) is 11.8 Å². The van der Waals surface area contributed by atoms with Crippen LogP contribution in [-0.4, -0.2) is 10.4 Å². The molecule has 4 nitrogen and oxygen atoms in total. The van der Waals surface area contributed by atoms with E-state index in [1.165, 1.54) is 10.6 Å². The van der Waals surface area contributed by atoms with E-state index in [2.05, 4.69) is 0 Å². The van der Waals surface area contributed by atoms with Crippen LogP contribution in [0, 0.1) is 11.3 Å². The van der Waals surface area contributed by atoms with Gasteiger partial charge in [-0.05, 0) is 31.0 Å². The quantitative estimate of drug-likeness (QED) is 0.793. The zero-order chi connectivity index (χ0) is 14.1. The van der Waals surface area contributed by atoms with Crippen molar-refractivity contribution in [2.75, 3.05) is 0 Å². The van der Waals surface area contributed by atoms with E-state index in [9.17, 15) is 9.59 Å². The van der Waals surface area contributed by atoms with Gasteiger partial charge in [0.1, 0.15) is 11.6 Å².